The summed E-state index contributed by atoms with van der Waals surface area (Å²) >= 11 is 7.77. The molecule has 2 aliphatic rings. The van der Waals surface area contributed by atoms with Crippen LogP contribution >= 0.6 is 23.1 Å². The van der Waals surface area contributed by atoms with Gasteiger partial charge in [0, 0.05) is 30.1 Å². The Bertz CT molecular complexity index is 1190. The molecule has 1 N–H and O–H groups in total. The molecular formula is C20H18ClN5OS. The van der Waals surface area contributed by atoms with E-state index >= 15 is 0 Å². The zero-order valence-electron chi connectivity index (χ0n) is 15.3. The van der Waals surface area contributed by atoms with Gasteiger partial charge in [-0.05, 0) is 55.7 Å². The monoisotopic (exact) mass is 411 g/mol. The maximum Gasteiger partial charge on any atom is 0.281 e. The summed E-state index contributed by atoms with van der Waals surface area (Å²) in [4.78, 5) is 19.6. The molecule has 0 radical (unpaired) electrons. The van der Waals surface area contributed by atoms with Crippen LogP contribution in [-0.2, 0) is 0 Å². The molecule has 0 amide bonds. The van der Waals surface area contributed by atoms with Gasteiger partial charge in [0.2, 0.25) is 0 Å². The summed E-state index contributed by atoms with van der Waals surface area (Å²) in [6, 6.07) is 9.62. The molecule has 3 heterocycles. The first kappa shape index (κ1) is 17.7. The Hall–Kier alpha value is -2.40. The number of nitriles is 1. The van der Waals surface area contributed by atoms with Gasteiger partial charge >= 0.3 is 0 Å². The lowest BCUT2D eigenvalue weighted by Crippen LogP contribution is -2.26. The van der Waals surface area contributed by atoms with Crippen molar-refractivity contribution in [1.29, 1.82) is 5.26 Å². The van der Waals surface area contributed by atoms with Crippen LogP contribution in [0.4, 0.5) is 10.7 Å². The summed E-state index contributed by atoms with van der Waals surface area (Å²) < 4.78 is 1.80. The minimum Gasteiger partial charge on any atom is -0.343 e. The summed E-state index contributed by atoms with van der Waals surface area (Å²) in [7, 11) is 2.09. The van der Waals surface area contributed by atoms with Gasteiger partial charge in [-0.15, -0.1) is 0 Å². The second-order valence-electron chi connectivity index (χ2n) is 7.73. The third kappa shape index (κ3) is 2.64. The van der Waals surface area contributed by atoms with Gasteiger partial charge < -0.3 is 10.2 Å². The fourth-order valence-electron chi connectivity index (χ4n) is 4.32. The van der Waals surface area contributed by atoms with Crippen molar-refractivity contribution in [2.45, 2.75) is 18.9 Å². The van der Waals surface area contributed by atoms with E-state index in [2.05, 4.69) is 28.3 Å². The number of hydrogen-bond acceptors (Lipinski definition) is 6. The van der Waals surface area contributed by atoms with Gasteiger partial charge in [0.1, 0.15) is 11.1 Å². The zero-order valence-corrected chi connectivity index (χ0v) is 16.8. The zero-order chi connectivity index (χ0) is 19.5. The van der Waals surface area contributed by atoms with Crippen molar-refractivity contribution in [1.82, 2.24) is 13.8 Å². The number of likely N-dealkylation sites (tertiary alicyclic amines) is 1. The Balaban J connectivity index is 1.60. The predicted molar refractivity (Wildman–Crippen MR) is 112 cm³/mol. The average Bonchev–Trinajstić information content (AvgIpc) is 3.28. The maximum atomic E-state index is 13.0. The number of halogens is 1. The molecule has 1 saturated heterocycles. The minimum absolute atomic E-state index is 0.127. The highest BCUT2D eigenvalue weighted by molar-refractivity contribution is 7.11. The van der Waals surface area contributed by atoms with Crippen LogP contribution in [0.15, 0.2) is 35.3 Å². The SMILES string of the molecule is CN1C[C@H](n2sc(Nc3c(Cl)ccc4ncccc34)c(C#N)c2=O)C2(CC2)C1. The number of likely N-dealkylation sites (N-methyl/N-ethyl adjacent to an activating group) is 1. The van der Waals surface area contributed by atoms with Crippen molar-refractivity contribution in [2.75, 3.05) is 25.5 Å². The Kier molecular flexibility index (Phi) is 3.98. The number of benzene rings is 1. The fraction of sp³-hybridized carbons (Fsp3) is 0.350. The van der Waals surface area contributed by atoms with Crippen LogP contribution in [0.1, 0.15) is 24.4 Å². The van der Waals surface area contributed by atoms with Gasteiger partial charge in [0.25, 0.3) is 5.56 Å². The van der Waals surface area contributed by atoms with Crippen LogP contribution in [-0.4, -0.2) is 34.0 Å². The van der Waals surface area contributed by atoms with Crippen molar-refractivity contribution in [3.8, 4) is 6.07 Å². The van der Waals surface area contributed by atoms with E-state index in [9.17, 15) is 10.1 Å². The first-order chi connectivity index (χ1) is 13.5. The fourth-order valence-corrected chi connectivity index (χ4v) is 5.69. The van der Waals surface area contributed by atoms with Gasteiger partial charge in [-0.1, -0.05) is 11.6 Å². The molecule has 2 fully saturated rings. The number of hydrogen-bond donors (Lipinski definition) is 1. The van der Waals surface area contributed by atoms with Gasteiger partial charge in [0.05, 0.1) is 22.3 Å². The Morgan fingerprint density at radius 3 is 2.96 bits per heavy atom. The molecule has 8 heteroatoms. The molecule has 5 rings (SSSR count). The first-order valence-electron chi connectivity index (χ1n) is 9.17. The molecule has 28 heavy (non-hydrogen) atoms. The van der Waals surface area contributed by atoms with Gasteiger partial charge in [-0.2, -0.15) is 5.26 Å². The molecular weight excluding hydrogens is 394 g/mol. The molecule has 2 aromatic heterocycles. The topological polar surface area (TPSA) is 74.0 Å². The van der Waals surface area contributed by atoms with Crippen molar-refractivity contribution in [3.63, 3.8) is 0 Å². The highest BCUT2D eigenvalue weighted by Crippen LogP contribution is 2.58. The Morgan fingerprint density at radius 1 is 1.39 bits per heavy atom. The summed E-state index contributed by atoms with van der Waals surface area (Å²) in [5, 5.41) is 14.8. The number of aromatic nitrogens is 2. The predicted octanol–water partition coefficient (Wildman–Crippen LogP) is 3.99. The quantitative estimate of drug-likeness (QED) is 0.705. The Labute approximate surface area is 171 Å². The first-order valence-corrected chi connectivity index (χ1v) is 10.3. The van der Waals surface area contributed by atoms with E-state index in [1.54, 1.807) is 16.2 Å². The lowest BCUT2D eigenvalue weighted by molar-refractivity contribution is 0.388. The molecule has 1 aliphatic heterocycles. The third-order valence-corrected chi connectivity index (χ3v) is 7.29. The molecule has 0 unspecified atom stereocenters. The van der Waals surface area contributed by atoms with Crippen LogP contribution in [0.3, 0.4) is 0 Å². The second-order valence-corrected chi connectivity index (χ2v) is 9.12. The molecule has 142 valence electrons. The number of nitrogens with zero attached hydrogens (tertiary/aromatic N) is 4. The average molecular weight is 412 g/mol. The largest absolute Gasteiger partial charge is 0.343 e. The van der Waals surface area contributed by atoms with E-state index in [1.807, 2.05) is 18.2 Å². The van der Waals surface area contributed by atoms with Gasteiger partial charge in [0.15, 0.2) is 5.56 Å². The van der Waals surface area contributed by atoms with E-state index in [1.165, 1.54) is 11.5 Å². The lowest BCUT2D eigenvalue weighted by atomic mass is 10.0. The summed E-state index contributed by atoms with van der Waals surface area (Å²) in [5.41, 5.74) is 1.59. The van der Waals surface area contributed by atoms with Crippen molar-refractivity contribution in [3.05, 3.63) is 51.4 Å². The number of nitrogens with one attached hydrogen (secondary N) is 1. The van der Waals surface area contributed by atoms with E-state index in [0.717, 1.165) is 36.8 Å². The second kappa shape index (κ2) is 6.31. The van der Waals surface area contributed by atoms with Crippen LogP contribution < -0.4 is 10.9 Å². The highest BCUT2D eigenvalue weighted by Gasteiger charge is 2.55. The van der Waals surface area contributed by atoms with E-state index < -0.39 is 0 Å². The van der Waals surface area contributed by atoms with E-state index in [0.29, 0.717) is 15.7 Å². The molecule has 6 nitrogen and oxygen atoms in total. The molecule has 3 aromatic rings. The number of fused-ring (bicyclic) bond motifs is 1. The molecule has 1 aliphatic carbocycles. The van der Waals surface area contributed by atoms with Crippen LogP contribution in [0.25, 0.3) is 10.9 Å². The van der Waals surface area contributed by atoms with Crippen molar-refractivity contribution >= 4 is 44.7 Å². The molecule has 1 spiro atoms. The van der Waals surface area contributed by atoms with Crippen molar-refractivity contribution < 1.29 is 0 Å². The Morgan fingerprint density at radius 2 is 2.21 bits per heavy atom. The van der Waals surface area contributed by atoms with Crippen LogP contribution in [0.5, 0.6) is 0 Å². The smallest absolute Gasteiger partial charge is 0.281 e. The standard InChI is InChI=1S/C20H18ClN5OS/c1-25-10-16(20(11-25)6-7-20)26-19(27)13(9-22)18(28-26)24-17-12-3-2-8-23-15(12)5-4-14(17)21/h2-5,8,16,24H,6-7,10-11H2,1H3/t16-/m0/s1. The van der Waals surface area contributed by atoms with Gasteiger partial charge in [-0.3, -0.25) is 13.7 Å². The highest BCUT2D eigenvalue weighted by atomic mass is 35.5. The summed E-state index contributed by atoms with van der Waals surface area (Å²) in [6.45, 7) is 1.84. The van der Waals surface area contributed by atoms with Crippen LogP contribution in [0, 0.1) is 16.7 Å². The van der Waals surface area contributed by atoms with Crippen molar-refractivity contribution in [2.24, 2.45) is 5.41 Å². The van der Waals surface area contributed by atoms with E-state index in [-0.39, 0.29) is 22.6 Å². The molecule has 0 bridgehead atoms. The van der Waals surface area contributed by atoms with Gasteiger partial charge in [-0.25, -0.2) is 0 Å². The molecule has 1 saturated carbocycles. The lowest BCUT2D eigenvalue weighted by Gasteiger charge is -2.17. The number of rotatable bonds is 3. The number of pyridine rings is 1. The van der Waals surface area contributed by atoms with E-state index in [4.69, 9.17) is 11.6 Å². The minimum atomic E-state index is -0.212. The third-order valence-electron chi connectivity index (χ3n) is 5.87. The maximum absolute atomic E-state index is 13.0. The molecule has 1 atom stereocenters. The number of anilines is 2. The molecule has 1 aromatic carbocycles. The summed E-state index contributed by atoms with van der Waals surface area (Å²) in [6.07, 6.45) is 4.00. The normalized spacial score (nSPS) is 20.5. The summed E-state index contributed by atoms with van der Waals surface area (Å²) in [5.74, 6) is 0. The van der Waals surface area contributed by atoms with Crippen LogP contribution in [0.2, 0.25) is 5.02 Å².